The maximum atomic E-state index is 12.7. The molecule has 0 bridgehead atoms. The second-order valence-electron chi connectivity index (χ2n) is 5.27. The van der Waals surface area contributed by atoms with Crippen molar-refractivity contribution in [2.24, 2.45) is 0 Å². The standard InChI is InChI=1S/C16H11ClF3N3O2/c17-11-3-6-13(24)9(7-11)8-14-21-22-15(25)23(14)12-4-1-10(2-5-12)16(18,19)20/h1-7,24H,8H2,(H,22,25). The van der Waals surface area contributed by atoms with Gasteiger partial charge in [0.2, 0.25) is 0 Å². The average molecular weight is 370 g/mol. The van der Waals surface area contributed by atoms with Crippen molar-refractivity contribution >= 4 is 11.6 Å². The summed E-state index contributed by atoms with van der Waals surface area (Å²) < 4.78 is 39.1. The molecule has 0 saturated heterocycles. The van der Waals surface area contributed by atoms with E-state index in [4.69, 9.17) is 11.6 Å². The molecule has 0 fully saturated rings. The number of benzene rings is 2. The zero-order valence-electron chi connectivity index (χ0n) is 12.5. The van der Waals surface area contributed by atoms with E-state index in [0.717, 1.165) is 16.7 Å². The van der Waals surface area contributed by atoms with Crippen molar-refractivity contribution in [1.29, 1.82) is 0 Å². The van der Waals surface area contributed by atoms with Gasteiger partial charge in [-0.2, -0.15) is 18.3 Å². The zero-order valence-corrected chi connectivity index (χ0v) is 13.3. The highest BCUT2D eigenvalue weighted by Crippen LogP contribution is 2.30. The Balaban J connectivity index is 2.00. The lowest BCUT2D eigenvalue weighted by atomic mass is 10.1. The number of aromatic amines is 1. The lowest BCUT2D eigenvalue weighted by Gasteiger charge is -2.10. The Labute approximate surface area is 144 Å². The Kier molecular flexibility index (Phi) is 4.30. The van der Waals surface area contributed by atoms with E-state index in [1.807, 2.05) is 0 Å². The normalized spacial score (nSPS) is 11.7. The summed E-state index contributed by atoms with van der Waals surface area (Å²) in [5, 5.41) is 16.4. The van der Waals surface area contributed by atoms with Crippen LogP contribution in [0.4, 0.5) is 13.2 Å². The topological polar surface area (TPSA) is 70.9 Å². The maximum absolute atomic E-state index is 12.7. The number of nitrogens with zero attached hydrogens (tertiary/aromatic N) is 2. The van der Waals surface area contributed by atoms with Crippen molar-refractivity contribution in [1.82, 2.24) is 14.8 Å². The minimum Gasteiger partial charge on any atom is -0.508 e. The molecule has 0 aliphatic rings. The first-order valence-electron chi connectivity index (χ1n) is 7.07. The Morgan fingerprint density at radius 2 is 1.84 bits per heavy atom. The molecule has 0 amide bonds. The minimum atomic E-state index is -4.46. The number of H-pyrrole nitrogens is 1. The van der Waals surface area contributed by atoms with Crippen molar-refractivity contribution in [3.8, 4) is 11.4 Å². The van der Waals surface area contributed by atoms with Crippen LogP contribution in [0.2, 0.25) is 5.02 Å². The van der Waals surface area contributed by atoms with E-state index in [2.05, 4.69) is 10.2 Å². The molecule has 3 rings (SSSR count). The highest BCUT2D eigenvalue weighted by Gasteiger charge is 2.30. The molecule has 3 aromatic rings. The van der Waals surface area contributed by atoms with Crippen molar-refractivity contribution in [3.05, 3.63) is 74.9 Å². The van der Waals surface area contributed by atoms with Gasteiger partial charge >= 0.3 is 11.9 Å². The van der Waals surface area contributed by atoms with Crippen LogP contribution in [0.25, 0.3) is 5.69 Å². The summed E-state index contributed by atoms with van der Waals surface area (Å²) in [5.41, 5.74) is -0.763. The van der Waals surface area contributed by atoms with E-state index in [1.165, 1.54) is 30.3 Å². The average Bonchev–Trinajstić information content (AvgIpc) is 2.91. The number of phenolic OH excluding ortho intramolecular Hbond substituents is 1. The van der Waals surface area contributed by atoms with Gasteiger partial charge in [-0.25, -0.2) is 14.5 Å². The van der Waals surface area contributed by atoms with Gasteiger partial charge in [0.25, 0.3) is 0 Å². The first kappa shape index (κ1) is 17.1. The second-order valence-corrected chi connectivity index (χ2v) is 5.71. The number of halogens is 4. The summed E-state index contributed by atoms with van der Waals surface area (Å²) in [6, 6.07) is 8.57. The molecule has 0 radical (unpaired) electrons. The zero-order chi connectivity index (χ0) is 18.2. The molecule has 9 heteroatoms. The van der Waals surface area contributed by atoms with Gasteiger partial charge in [-0.1, -0.05) is 11.6 Å². The molecule has 0 aliphatic carbocycles. The SMILES string of the molecule is O=c1[nH]nc(Cc2cc(Cl)ccc2O)n1-c1ccc(C(F)(F)F)cc1. The van der Waals surface area contributed by atoms with Crippen LogP contribution in [0.1, 0.15) is 17.0 Å². The maximum Gasteiger partial charge on any atom is 0.416 e. The van der Waals surface area contributed by atoms with Gasteiger partial charge in [0.1, 0.15) is 11.6 Å². The second kappa shape index (κ2) is 6.29. The number of hydrogen-bond donors (Lipinski definition) is 2. The number of hydrogen-bond acceptors (Lipinski definition) is 3. The van der Waals surface area contributed by atoms with E-state index in [-0.39, 0.29) is 23.7 Å². The molecule has 5 nitrogen and oxygen atoms in total. The van der Waals surface area contributed by atoms with Crippen molar-refractivity contribution in [3.63, 3.8) is 0 Å². The van der Waals surface area contributed by atoms with Crippen molar-refractivity contribution < 1.29 is 18.3 Å². The van der Waals surface area contributed by atoms with Gasteiger partial charge in [-0.15, -0.1) is 0 Å². The van der Waals surface area contributed by atoms with Gasteiger partial charge in [0.05, 0.1) is 11.3 Å². The molecular weight excluding hydrogens is 359 g/mol. The number of nitrogens with one attached hydrogen (secondary N) is 1. The van der Waals surface area contributed by atoms with Crippen LogP contribution < -0.4 is 5.69 Å². The van der Waals surface area contributed by atoms with Gasteiger partial charge in [0.15, 0.2) is 0 Å². The third kappa shape index (κ3) is 3.53. The van der Waals surface area contributed by atoms with E-state index in [9.17, 15) is 23.1 Å². The molecule has 0 unspecified atom stereocenters. The predicted molar refractivity (Wildman–Crippen MR) is 85.1 cm³/mol. The Morgan fingerprint density at radius 1 is 1.16 bits per heavy atom. The van der Waals surface area contributed by atoms with Gasteiger partial charge in [-0.05, 0) is 42.5 Å². The highest BCUT2D eigenvalue weighted by molar-refractivity contribution is 6.30. The fraction of sp³-hybridized carbons (Fsp3) is 0.125. The summed E-state index contributed by atoms with van der Waals surface area (Å²) in [6.07, 6.45) is -4.40. The van der Waals surface area contributed by atoms with E-state index >= 15 is 0 Å². The van der Waals surface area contributed by atoms with Crippen LogP contribution in [-0.4, -0.2) is 19.9 Å². The Bertz CT molecular complexity index is 962. The smallest absolute Gasteiger partial charge is 0.416 e. The van der Waals surface area contributed by atoms with Crippen LogP contribution in [0.15, 0.2) is 47.3 Å². The predicted octanol–water partition coefficient (Wildman–Crippen LogP) is 3.53. The minimum absolute atomic E-state index is 0.0289. The molecule has 25 heavy (non-hydrogen) atoms. The molecule has 0 atom stereocenters. The fourth-order valence-corrected chi connectivity index (χ4v) is 2.57. The first-order valence-corrected chi connectivity index (χ1v) is 7.45. The number of aromatic hydroxyl groups is 1. The van der Waals surface area contributed by atoms with Gasteiger partial charge in [-0.3, -0.25) is 0 Å². The Hall–Kier alpha value is -2.74. The van der Waals surface area contributed by atoms with Gasteiger partial charge in [0, 0.05) is 17.0 Å². The van der Waals surface area contributed by atoms with Crippen LogP contribution in [0.3, 0.4) is 0 Å². The monoisotopic (exact) mass is 369 g/mol. The molecule has 130 valence electrons. The first-order chi connectivity index (χ1) is 11.8. The van der Waals surface area contributed by atoms with Crippen LogP contribution in [0.5, 0.6) is 5.75 Å². The highest BCUT2D eigenvalue weighted by atomic mass is 35.5. The molecule has 1 aromatic heterocycles. The lowest BCUT2D eigenvalue weighted by Crippen LogP contribution is -2.17. The van der Waals surface area contributed by atoms with E-state index in [1.54, 1.807) is 0 Å². The fourth-order valence-electron chi connectivity index (χ4n) is 2.38. The third-order valence-corrected chi connectivity index (χ3v) is 3.82. The van der Waals surface area contributed by atoms with E-state index < -0.39 is 17.4 Å². The molecule has 1 heterocycles. The molecule has 0 aliphatic heterocycles. The number of alkyl halides is 3. The largest absolute Gasteiger partial charge is 0.508 e. The van der Waals surface area contributed by atoms with Crippen LogP contribution in [-0.2, 0) is 12.6 Å². The van der Waals surface area contributed by atoms with Crippen LogP contribution >= 0.6 is 11.6 Å². The third-order valence-electron chi connectivity index (χ3n) is 3.58. The van der Waals surface area contributed by atoms with Gasteiger partial charge < -0.3 is 5.11 Å². The van der Waals surface area contributed by atoms with Crippen molar-refractivity contribution in [2.45, 2.75) is 12.6 Å². The number of phenols is 1. The van der Waals surface area contributed by atoms with E-state index in [0.29, 0.717) is 10.6 Å². The number of aromatic nitrogens is 3. The summed E-state index contributed by atoms with van der Waals surface area (Å²) in [6.45, 7) is 0. The number of rotatable bonds is 3. The summed E-state index contributed by atoms with van der Waals surface area (Å²) in [4.78, 5) is 12.0. The summed E-state index contributed by atoms with van der Waals surface area (Å²) >= 11 is 5.89. The molecule has 0 saturated carbocycles. The summed E-state index contributed by atoms with van der Waals surface area (Å²) in [7, 11) is 0. The van der Waals surface area contributed by atoms with Crippen molar-refractivity contribution in [2.75, 3.05) is 0 Å². The quantitative estimate of drug-likeness (QED) is 0.742. The molecule has 2 aromatic carbocycles. The molecule has 0 spiro atoms. The van der Waals surface area contributed by atoms with Crippen LogP contribution in [0, 0.1) is 0 Å². The molecular formula is C16H11ClF3N3O2. The summed E-state index contributed by atoms with van der Waals surface area (Å²) in [5.74, 6) is 0.196. The molecule has 2 N–H and O–H groups in total. The lowest BCUT2D eigenvalue weighted by molar-refractivity contribution is -0.137. The Morgan fingerprint density at radius 3 is 2.48 bits per heavy atom.